The Balaban J connectivity index is 2.02. The van der Waals surface area contributed by atoms with E-state index in [4.69, 9.17) is 16.3 Å². The summed E-state index contributed by atoms with van der Waals surface area (Å²) in [6, 6.07) is 9.95. The molecule has 0 radical (unpaired) electrons. The minimum absolute atomic E-state index is 0.0468. The van der Waals surface area contributed by atoms with Crippen molar-refractivity contribution in [3.05, 3.63) is 63.9 Å². The van der Waals surface area contributed by atoms with Crippen LogP contribution in [0.5, 0.6) is 5.75 Å². The first-order valence-electron chi connectivity index (χ1n) is 6.04. The molecule has 1 atom stereocenters. The molecular weight excluding hydrogens is 267 g/mol. The molecule has 98 valence electrons. The summed E-state index contributed by atoms with van der Waals surface area (Å²) in [6.07, 6.45) is -0.0787. The molecule has 1 unspecified atom stereocenters. The Morgan fingerprint density at radius 1 is 1.26 bits per heavy atom. The van der Waals surface area contributed by atoms with Gasteiger partial charge in [0.2, 0.25) is 0 Å². The molecule has 0 saturated carbocycles. The van der Waals surface area contributed by atoms with Crippen molar-refractivity contribution in [1.29, 1.82) is 0 Å². The van der Waals surface area contributed by atoms with Crippen LogP contribution in [0.25, 0.3) is 0 Å². The van der Waals surface area contributed by atoms with Gasteiger partial charge in [-0.05, 0) is 23.3 Å². The number of aliphatic hydroxyl groups is 1. The van der Waals surface area contributed by atoms with E-state index in [0.29, 0.717) is 23.5 Å². The van der Waals surface area contributed by atoms with Gasteiger partial charge < -0.3 is 9.84 Å². The molecule has 2 aromatic carbocycles. The summed E-state index contributed by atoms with van der Waals surface area (Å²) < 4.78 is 19.0. The highest BCUT2D eigenvalue weighted by atomic mass is 35.5. The summed E-state index contributed by atoms with van der Waals surface area (Å²) in [7, 11) is 0. The zero-order chi connectivity index (χ0) is 13.4. The maximum absolute atomic E-state index is 13.5. The lowest BCUT2D eigenvalue weighted by atomic mass is 9.98. The number of benzene rings is 2. The number of halogens is 2. The summed E-state index contributed by atoms with van der Waals surface area (Å²) >= 11 is 5.64. The number of hydrogen-bond acceptors (Lipinski definition) is 2. The van der Waals surface area contributed by atoms with Gasteiger partial charge >= 0.3 is 0 Å². The molecule has 1 N–H and O–H groups in total. The van der Waals surface area contributed by atoms with E-state index >= 15 is 0 Å². The van der Waals surface area contributed by atoms with Gasteiger partial charge in [0.25, 0.3) is 0 Å². The van der Waals surface area contributed by atoms with Crippen LogP contribution in [0.1, 0.15) is 22.8 Å². The van der Waals surface area contributed by atoms with Gasteiger partial charge in [-0.2, -0.15) is 0 Å². The average Bonchev–Trinajstić information content (AvgIpc) is 2.89. The van der Waals surface area contributed by atoms with E-state index in [1.165, 1.54) is 12.1 Å². The molecule has 3 rings (SSSR count). The van der Waals surface area contributed by atoms with Gasteiger partial charge in [0, 0.05) is 12.0 Å². The number of fused-ring (bicyclic) bond motifs is 1. The van der Waals surface area contributed by atoms with Crippen molar-refractivity contribution in [2.45, 2.75) is 12.5 Å². The molecule has 0 aromatic heterocycles. The van der Waals surface area contributed by atoms with Gasteiger partial charge in [-0.25, -0.2) is 4.39 Å². The fourth-order valence-corrected chi connectivity index (χ4v) is 2.44. The van der Waals surface area contributed by atoms with E-state index in [1.54, 1.807) is 12.1 Å². The highest BCUT2D eigenvalue weighted by Gasteiger charge is 2.22. The highest BCUT2D eigenvalue weighted by Crippen LogP contribution is 2.36. The molecule has 0 aliphatic carbocycles. The lowest BCUT2D eigenvalue weighted by Gasteiger charge is -2.15. The molecule has 1 aliphatic heterocycles. The quantitative estimate of drug-likeness (QED) is 0.911. The van der Waals surface area contributed by atoms with E-state index in [1.807, 2.05) is 12.1 Å². The Morgan fingerprint density at radius 2 is 2.11 bits per heavy atom. The number of rotatable bonds is 2. The van der Waals surface area contributed by atoms with Crippen molar-refractivity contribution >= 4 is 11.6 Å². The maximum Gasteiger partial charge on any atom is 0.142 e. The molecule has 0 saturated heterocycles. The van der Waals surface area contributed by atoms with Crippen LogP contribution >= 0.6 is 11.6 Å². The van der Waals surface area contributed by atoms with Crippen molar-refractivity contribution in [2.24, 2.45) is 0 Å². The summed E-state index contributed by atoms with van der Waals surface area (Å²) in [5, 5.41) is 10.4. The second-order valence-electron chi connectivity index (χ2n) is 4.51. The van der Waals surface area contributed by atoms with Gasteiger partial charge in [-0.3, -0.25) is 0 Å². The Morgan fingerprint density at radius 3 is 2.89 bits per heavy atom. The van der Waals surface area contributed by atoms with Gasteiger partial charge in [0.05, 0.1) is 11.6 Å². The standard InChI is InChI=1S/C15H12ClFO2/c16-12-5-4-10(8-13(12)17)14(18)11-3-1-2-9-6-7-19-15(9)11/h1-5,8,14,18H,6-7H2. The van der Waals surface area contributed by atoms with Crippen LogP contribution in [0.15, 0.2) is 36.4 Å². The molecule has 0 bridgehead atoms. The fourth-order valence-electron chi connectivity index (χ4n) is 2.32. The zero-order valence-corrected chi connectivity index (χ0v) is 10.8. The Labute approximate surface area is 115 Å². The second-order valence-corrected chi connectivity index (χ2v) is 4.92. The first-order valence-corrected chi connectivity index (χ1v) is 6.42. The highest BCUT2D eigenvalue weighted by molar-refractivity contribution is 6.30. The zero-order valence-electron chi connectivity index (χ0n) is 10.1. The van der Waals surface area contributed by atoms with Crippen LogP contribution < -0.4 is 4.74 Å². The summed E-state index contributed by atoms with van der Waals surface area (Å²) in [4.78, 5) is 0. The first-order chi connectivity index (χ1) is 9.16. The van der Waals surface area contributed by atoms with Crippen LogP contribution in [-0.2, 0) is 6.42 Å². The predicted octanol–water partition coefficient (Wildman–Crippen LogP) is 3.50. The van der Waals surface area contributed by atoms with Crippen molar-refractivity contribution < 1.29 is 14.2 Å². The molecule has 0 spiro atoms. The average molecular weight is 279 g/mol. The van der Waals surface area contributed by atoms with Gasteiger partial charge in [-0.1, -0.05) is 35.9 Å². The molecule has 1 aliphatic rings. The van der Waals surface area contributed by atoms with E-state index < -0.39 is 11.9 Å². The van der Waals surface area contributed by atoms with E-state index in [-0.39, 0.29) is 5.02 Å². The van der Waals surface area contributed by atoms with Crippen molar-refractivity contribution in [3.63, 3.8) is 0 Å². The van der Waals surface area contributed by atoms with Crippen LogP contribution in [0.3, 0.4) is 0 Å². The monoisotopic (exact) mass is 278 g/mol. The van der Waals surface area contributed by atoms with Crippen molar-refractivity contribution in [1.82, 2.24) is 0 Å². The van der Waals surface area contributed by atoms with Crippen LogP contribution in [-0.4, -0.2) is 11.7 Å². The minimum atomic E-state index is -0.917. The van der Waals surface area contributed by atoms with Crippen molar-refractivity contribution in [3.8, 4) is 5.75 Å². The van der Waals surface area contributed by atoms with Crippen molar-refractivity contribution in [2.75, 3.05) is 6.61 Å². The topological polar surface area (TPSA) is 29.5 Å². The van der Waals surface area contributed by atoms with Gasteiger partial charge in [-0.15, -0.1) is 0 Å². The van der Waals surface area contributed by atoms with Gasteiger partial charge in [0.1, 0.15) is 17.7 Å². The summed E-state index contributed by atoms with van der Waals surface area (Å²) in [5.74, 6) is 0.178. The third-order valence-corrected chi connectivity index (χ3v) is 3.61. The smallest absolute Gasteiger partial charge is 0.142 e. The molecule has 0 amide bonds. The maximum atomic E-state index is 13.5. The van der Waals surface area contributed by atoms with Crippen LogP contribution in [0, 0.1) is 5.82 Å². The SMILES string of the molecule is OC(c1ccc(Cl)c(F)c1)c1cccc2c1OCC2. The fraction of sp³-hybridized carbons (Fsp3) is 0.200. The largest absolute Gasteiger partial charge is 0.493 e. The summed E-state index contributed by atoms with van der Waals surface area (Å²) in [6.45, 7) is 0.619. The molecular formula is C15H12ClFO2. The molecule has 2 nitrogen and oxygen atoms in total. The normalized spacial score (nSPS) is 14.9. The Kier molecular flexibility index (Phi) is 3.17. The van der Waals surface area contributed by atoms with Crippen LogP contribution in [0.4, 0.5) is 4.39 Å². The molecule has 0 fully saturated rings. The lowest BCUT2D eigenvalue weighted by molar-refractivity contribution is 0.213. The Bertz CT molecular complexity index is 628. The first kappa shape index (κ1) is 12.5. The number of ether oxygens (including phenoxy) is 1. The third kappa shape index (κ3) is 2.20. The second kappa shape index (κ2) is 4.83. The molecule has 19 heavy (non-hydrogen) atoms. The minimum Gasteiger partial charge on any atom is -0.493 e. The number of aliphatic hydroxyl groups excluding tert-OH is 1. The summed E-state index contributed by atoms with van der Waals surface area (Å²) in [5.41, 5.74) is 2.20. The number of para-hydroxylation sites is 1. The predicted molar refractivity (Wildman–Crippen MR) is 71.1 cm³/mol. The number of hydrogen-bond donors (Lipinski definition) is 1. The van der Waals surface area contributed by atoms with E-state index in [0.717, 1.165) is 12.0 Å². The third-order valence-electron chi connectivity index (χ3n) is 3.30. The molecule has 4 heteroatoms. The lowest BCUT2D eigenvalue weighted by Crippen LogP contribution is -2.02. The van der Waals surface area contributed by atoms with E-state index in [9.17, 15) is 9.50 Å². The van der Waals surface area contributed by atoms with E-state index in [2.05, 4.69) is 0 Å². The van der Waals surface area contributed by atoms with Gasteiger partial charge in [0.15, 0.2) is 0 Å². The molecule has 1 heterocycles. The molecule has 2 aromatic rings. The van der Waals surface area contributed by atoms with Crippen LogP contribution in [0.2, 0.25) is 5.02 Å². The Hall–Kier alpha value is -1.58.